The maximum absolute atomic E-state index is 12.2. The van der Waals surface area contributed by atoms with E-state index in [1.54, 1.807) is 31.3 Å². The van der Waals surface area contributed by atoms with Crippen molar-refractivity contribution in [3.63, 3.8) is 0 Å². The normalized spacial score (nSPS) is 20.0. The molecule has 1 aliphatic heterocycles. The van der Waals surface area contributed by atoms with E-state index in [0.29, 0.717) is 5.69 Å². The molecule has 1 aromatic rings. The molecule has 0 aromatic heterocycles. The summed E-state index contributed by atoms with van der Waals surface area (Å²) in [5, 5.41) is 3.58. The lowest BCUT2D eigenvalue weighted by molar-refractivity contribution is -0.331. The molecule has 1 aliphatic rings. The van der Waals surface area contributed by atoms with Gasteiger partial charge >= 0.3 is 6.36 Å². The van der Waals surface area contributed by atoms with Gasteiger partial charge < -0.3 is 0 Å². The Morgan fingerprint density at radius 1 is 1.38 bits per heavy atom. The Balaban J connectivity index is 2.27. The fourth-order valence-electron chi connectivity index (χ4n) is 1.42. The van der Waals surface area contributed by atoms with Crippen LogP contribution in [-0.4, -0.2) is 18.9 Å². The first-order valence-electron chi connectivity index (χ1n) is 4.49. The highest BCUT2D eigenvalue weighted by Gasteiger charge is 2.40. The van der Waals surface area contributed by atoms with Gasteiger partial charge in [-0.2, -0.15) is 4.84 Å². The first-order chi connectivity index (χ1) is 7.51. The first-order valence-corrected chi connectivity index (χ1v) is 5.37. The van der Waals surface area contributed by atoms with Gasteiger partial charge in [-0.05, 0) is 19.2 Å². The minimum atomic E-state index is -4.69. The van der Waals surface area contributed by atoms with Crippen LogP contribution in [0.25, 0.3) is 0 Å². The van der Waals surface area contributed by atoms with E-state index < -0.39 is 11.9 Å². The van der Waals surface area contributed by atoms with Gasteiger partial charge in [-0.15, -0.1) is 13.2 Å². The average Bonchev–Trinajstić information content (AvgIpc) is 2.55. The third kappa shape index (κ3) is 2.26. The number of hydrogen-bond acceptors (Lipinski definition) is 4. The highest BCUT2D eigenvalue weighted by atomic mass is 32.2. The number of halogens is 3. The van der Waals surface area contributed by atoms with Gasteiger partial charge in [0.2, 0.25) is 0 Å². The quantitative estimate of drug-likeness (QED) is 0.871. The number of rotatable bonds is 2. The second kappa shape index (κ2) is 4.15. The van der Waals surface area contributed by atoms with Crippen LogP contribution in [0.4, 0.5) is 18.9 Å². The molecule has 0 radical (unpaired) electrons. The zero-order valence-corrected chi connectivity index (χ0v) is 9.10. The zero-order valence-electron chi connectivity index (χ0n) is 8.28. The molecule has 1 atom stereocenters. The summed E-state index contributed by atoms with van der Waals surface area (Å²) in [6, 6.07) is 6.79. The van der Waals surface area contributed by atoms with E-state index in [1.807, 2.05) is 0 Å². The summed E-state index contributed by atoms with van der Waals surface area (Å²) in [6.07, 6.45) is -4.69. The van der Waals surface area contributed by atoms with Crippen molar-refractivity contribution in [1.29, 1.82) is 0 Å². The highest BCUT2D eigenvalue weighted by molar-refractivity contribution is 8.00. The minimum absolute atomic E-state index is 0.421. The third-order valence-corrected chi connectivity index (χ3v) is 3.25. The Kier molecular flexibility index (Phi) is 3.00. The van der Waals surface area contributed by atoms with E-state index in [2.05, 4.69) is 10.2 Å². The molecular formula is C9H9F3N2OS. The van der Waals surface area contributed by atoms with Gasteiger partial charge in [-0.1, -0.05) is 23.9 Å². The van der Waals surface area contributed by atoms with E-state index in [1.165, 1.54) is 11.8 Å². The molecule has 0 saturated heterocycles. The maximum atomic E-state index is 12.2. The molecule has 3 nitrogen and oxygen atoms in total. The number of para-hydroxylation sites is 1. The van der Waals surface area contributed by atoms with E-state index in [4.69, 9.17) is 0 Å². The van der Waals surface area contributed by atoms with Crippen molar-refractivity contribution >= 4 is 17.4 Å². The van der Waals surface area contributed by atoms with Gasteiger partial charge in [0.1, 0.15) is 0 Å². The molecule has 16 heavy (non-hydrogen) atoms. The number of hydrogen-bond donors (Lipinski definition) is 1. The highest BCUT2D eigenvalue weighted by Crippen LogP contribution is 2.43. The van der Waals surface area contributed by atoms with Gasteiger partial charge in [0, 0.05) is 4.90 Å². The van der Waals surface area contributed by atoms with Crippen molar-refractivity contribution in [3.8, 4) is 0 Å². The number of anilines is 1. The molecule has 0 saturated carbocycles. The molecule has 1 aromatic carbocycles. The van der Waals surface area contributed by atoms with Crippen LogP contribution < -0.4 is 10.4 Å². The second-order valence-electron chi connectivity index (χ2n) is 3.09. The Bertz CT molecular complexity index is 385. The van der Waals surface area contributed by atoms with Crippen molar-refractivity contribution in [2.45, 2.75) is 16.8 Å². The summed E-state index contributed by atoms with van der Waals surface area (Å²) in [4.78, 5) is 4.73. The number of benzene rings is 1. The van der Waals surface area contributed by atoms with Crippen LogP contribution in [-0.2, 0) is 4.84 Å². The van der Waals surface area contributed by atoms with Crippen LogP contribution in [0, 0.1) is 0 Å². The molecule has 0 amide bonds. The largest absolute Gasteiger partial charge is 0.544 e. The number of fused-ring (bicyclic) bond motifs is 1. The lowest BCUT2D eigenvalue weighted by atomic mass is 10.3. The molecule has 0 bridgehead atoms. The third-order valence-electron chi connectivity index (χ3n) is 2.00. The molecule has 0 spiro atoms. The van der Waals surface area contributed by atoms with Gasteiger partial charge in [0.25, 0.3) is 0 Å². The minimum Gasteiger partial charge on any atom is -0.290 e. The molecule has 1 N–H and O–H groups in total. The number of nitrogens with zero attached hydrogens (tertiary/aromatic N) is 1. The van der Waals surface area contributed by atoms with Gasteiger partial charge in [-0.25, -0.2) is 5.06 Å². The Hall–Kier alpha value is -0.920. The van der Waals surface area contributed by atoms with Crippen LogP contribution in [0.5, 0.6) is 0 Å². The van der Waals surface area contributed by atoms with Gasteiger partial charge in [-0.3, -0.25) is 5.32 Å². The van der Waals surface area contributed by atoms with Crippen molar-refractivity contribution in [2.24, 2.45) is 0 Å². The Morgan fingerprint density at radius 2 is 2.06 bits per heavy atom. The zero-order chi connectivity index (χ0) is 11.8. The SMILES string of the molecule is CNC1Sc2ccccc2N1OC(F)(F)F. The molecule has 0 fully saturated rings. The summed E-state index contributed by atoms with van der Waals surface area (Å²) in [6.45, 7) is 0. The van der Waals surface area contributed by atoms with E-state index >= 15 is 0 Å². The molecule has 0 aliphatic carbocycles. The van der Waals surface area contributed by atoms with E-state index in [0.717, 1.165) is 9.96 Å². The Labute approximate surface area is 94.5 Å². The number of alkyl halides is 3. The first kappa shape index (κ1) is 11.6. The maximum Gasteiger partial charge on any atom is 0.544 e. The van der Waals surface area contributed by atoms with Crippen molar-refractivity contribution in [2.75, 3.05) is 12.1 Å². The lowest BCUT2D eigenvalue weighted by Crippen LogP contribution is -2.42. The van der Waals surface area contributed by atoms with E-state index in [-0.39, 0.29) is 0 Å². The summed E-state index contributed by atoms with van der Waals surface area (Å²) >= 11 is 1.27. The van der Waals surface area contributed by atoms with Gasteiger partial charge in [0.05, 0.1) is 5.69 Å². The van der Waals surface area contributed by atoms with Crippen LogP contribution in [0.2, 0.25) is 0 Å². The molecule has 1 heterocycles. The predicted octanol–water partition coefficient (Wildman–Crippen LogP) is 2.55. The lowest BCUT2D eigenvalue weighted by Gasteiger charge is -2.25. The monoisotopic (exact) mass is 250 g/mol. The molecule has 7 heteroatoms. The van der Waals surface area contributed by atoms with Crippen molar-refractivity contribution < 1.29 is 18.0 Å². The number of nitrogens with one attached hydrogen (secondary N) is 1. The number of hydroxylamine groups is 1. The standard InChI is InChI=1S/C9H9F3N2OS/c1-13-8-14(15-9(10,11)12)6-4-2-3-5-7(6)16-8/h2-5,8,13H,1H3. The number of thioether (sulfide) groups is 1. The van der Waals surface area contributed by atoms with E-state index in [9.17, 15) is 13.2 Å². The Morgan fingerprint density at radius 3 is 2.69 bits per heavy atom. The summed E-state index contributed by atoms with van der Waals surface area (Å²) in [5.74, 6) is 0. The average molecular weight is 250 g/mol. The fourth-order valence-corrected chi connectivity index (χ4v) is 2.46. The van der Waals surface area contributed by atoms with Crippen molar-refractivity contribution in [1.82, 2.24) is 5.32 Å². The molecular weight excluding hydrogens is 241 g/mol. The molecule has 1 unspecified atom stereocenters. The topological polar surface area (TPSA) is 24.5 Å². The van der Waals surface area contributed by atoms with Crippen molar-refractivity contribution in [3.05, 3.63) is 24.3 Å². The molecule has 88 valence electrons. The molecule has 2 rings (SSSR count). The fraction of sp³-hybridized carbons (Fsp3) is 0.333. The van der Waals surface area contributed by atoms with Gasteiger partial charge in [0.15, 0.2) is 5.50 Å². The van der Waals surface area contributed by atoms with Crippen LogP contribution in [0.3, 0.4) is 0 Å². The van der Waals surface area contributed by atoms with Crippen LogP contribution in [0.1, 0.15) is 0 Å². The smallest absolute Gasteiger partial charge is 0.290 e. The second-order valence-corrected chi connectivity index (χ2v) is 4.21. The van der Waals surface area contributed by atoms with Crippen LogP contribution >= 0.6 is 11.8 Å². The van der Waals surface area contributed by atoms with Crippen LogP contribution in [0.15, 0.2) is 29.2 Å². The predicted molar refractivity (Wildman–Crippen MR) is 54.8 cm³/mol. The summed E-state index contributed by atoms with van der Waals surface area (Å²) < 4.78 is 36.6. The summed E-state index contributed by atoms with van der Waals surface area (Å²) in [5.41, 5.74) is -0.150. The summed E-state index contributed by atoms with van der Waals surface area (Å²) in [7, 11) is 1.58.